The van der Waals surface area contributed by atoms with Crippen molar-refractivity contribution >= 4 is 17.9 Å². The Bertz CT molecular complexity index is 811. The largest absolute Gasteiger partial charge is 0.462 e. The minimum absolute atomic E-state index is 0.0659. The maximum atomic E-state index is 12.7. The summed E-state index contributed by atoms with van der Waals surface area (Å²) >= 11 is 0. The van der Waals surface area contributed by atoms with Gasteiger partial charge >= 0.3 is 17.9 Å². The van der Waals surface area contributed by atoms with Gasteiger partial charge in [0.05, 0.1) is 0 Å². The van der Waals surface area contributed by atoms with Crippen LogP contribution in [0.5, 0.6) is 0 Å². The molecule has 0 saturated heterocycles. The second kappa shape index (κ2) is 40.1. The van der Waals surface area contributed by atoms with Gasteiger partial charge in [-0.05, 0) is 31.1 Å². The summed E-state index contributed by atoms with van der Waals surface area (Å²) in [5.41, 5.74) is 0. The lowest BCUT2D eigenvalue weighted by Gasteiger charge is -2.18. The zero-order chi connectivity index (χ0) is 39.0. The predicted molar refractivity (Wildman–Crippen MR) is 224 cm³/mol. The van der Waals surface area contributed by atoms with Gasteiger partial charge in [0.25, 0.3) is 0 Å². The molecule has 6 nitrogen and oxygen atoms in total. The molecule has 6 heteroatoms. The highest BCUT2D eigenvalue weighted by Crippen LogP contribution is 2.17. The molecule has 53 heavy (non-hydrogen) atoms. The monoisotopic (exact) mass is 751 g/mol. The summed E-state index contributed by atoms with van der Waals surface area (Å²) in [5, 5.41) is 0. The first-order valence-corrected chi connectivity index (χ1v) is 23.3. The van der Waals surface area contributed by atoms with Gasteiger partial charge in [-0.15, -0.1) is 0 Å². The standard InChI is InChI=1S/C47H90O6/c1-6-8-9-10-20-27-32-37-45(48)51-40-44(41-52-46(49)38-33-28-24-19-21-25-30-35-42(3)4)53-47(50)39-34-29-23-18-16-14-12-11-13-15-17-22-26-31-36-43(5)7-2/h42-44H,6-41H2,1-5H3/t43?,44-/m0/s1. The van der Waals surface area contributed by atoms with E-state index >= 15 is 0 Å². The number of rotatable bonds is 41. The Hall–Kier alpha value is -1.59. The minimum atomic E-state index is -0.759. The highest BCUT2D eigenvalue weighted by molar-refractivity contribution is 5.71. The Kier molecular flexibility index (Phi) is 38.9. The van der Waals surface area contributed by atoms with E-state index < -0.39 is 6.10 Å². The molecule has 0 radical (unpaired) electrons. The van der Waals surface area contributed by atoms with Crippen LogP contribution in [-0.2, 0) is 28.6 Å². The Labute approximate surface area is 329 Å². The number of carbonyl (C=O) groups excluding carboxylic acids is 3. The maximum Gasteiger partial charge on any atom is 0.306 e. The third-order valence-corrected chi connectivity index (χ3v) is 10.8. The van der Waals surface area contributed by atoms with E-state index in [0.29, 0.717) is 19.3 Å². The second-order valence-electron chi connectivity index (χ2n) is 16.8. The van der Waals surface area contributed by atoms with Gasteiger partial charge < -0.3 is 14.2 Å². The molecule has 0 rings (SSSR count). The number of carbonyl (C=O) groups is 3. The predicted octanol–water partition coefficient (Wildman–Crippen LogP) is 14.6. The minimum Gasteiger partial charge on any atom is -0.462 e. The highest BCUT2D eigenvalue weighted by Gasteiger charge is 2.19. The van der Waals surface area contributed by atoms with Crippen LogP contribution in [0.4, 0.5) is 0 Å². The third kappa shape index (κ3) is 39.9. The van der Waals surface area contributed by atoms with E-state index in [0.717, 1.165) is 69.6 Å². The Morgan fingerprint density at radius 2 is 0.717 bits per heavy atom. The summed E-state index contributed by atoms with van der Waals surface area (Å²) in [6.45, 7) is 11.3. The molecule has 0 bridgehead atoms. The number of esters is 3. The Morgan fingerprint density at radius 1 is 0.396 bits per heavy atom. The van der Waals surface area contributed by atoms with Crippen molar-refractivity contribution in [1.82, 2.24) is 0 Å². The Morgan fingerprint density at radius 3 is 1.08 bits per heavy atom. The van der Waals surface area contributed by atoms with Crippen molar-refractivity contribution in [1.29, 1.82) is 0 Å². The van der Waals surface area contributed by atoms with Crippen molar-refractivity contribution in [2.24, 2.45) is 11.8 Å². The molecule has 0 aromatic rings. The van der Waals surface area contributed by atoms with Gasteiger partial charge in [-0.1, -0.05) is 214 Å². The van der Waals surface area contributed by atoms with E-state index in [9.17, 15) is 14.4 Å². The number of ether oxygens (including phenoxy) is 3. The molecule has 314 valence electrons. The van der Waals surface area contributed by atoms with E-state index in [2.05, 4.69) is 34.6 Å². The topological polar surface area (TPSA) is 78.9 Å². The molecule has 1 unspecified atom stereocenters. The van der Waals surface area contributed by atoms with Crippen LogP contribution in [0.3, 0.4) is 0 Å². The van der Waals surface area contributed by atoms with Gasteiger partial charge in [0.15, 0.2) is 6.10 Å². The lowest BCUT2D eigenvalue weighted by atomic mass is 9.99. The van der Waals surface area contributed by atoms with Crippen LogP contribution in [0.15, 0.2) is 0 Å². The van der Waals surface area contributed by atoms with Crippen LogP contribution >= 0.6 is 0 Å². The fourth-order valence-corrected chi connectivity index (χ4v) is 6.90. The summed E-state index contributed by atoms with van der Waals surface area (Å²) in [7, 11) is 0. The van der Waals surface area contributed by atoms with Crippen LogP contribution in [0.25, 0.3) is 0 Å². The molecule has 0 aliphatic carbocycles. The number of hydrogen-bond donors (Lipinski definition) is 0. The van der Waals surface area contributed by atoms with Gasteiger partial charge in [0.2, 0.25) is 0 Å². The molecule has 0 fully saturated rings. The summed E-state index contributed by atoms with van der Waals surface area (Å²) in [5.74, 6) is 0.811. The van der Waals surface area contributed by atoms with Crippen LogP contribution in [0.2, 0.25) is 0 Å². The lowest BCUT2D eigenvalue weighted by molar-refractivity contribution is -0.167. The van der Waals surface area contributed by atoms with Crippen molar-refractivity contribution in [2.75, 3.05) is 13.2 Å². The summed E-state index contributed by atoms with van der Waals surface area (Å²) in [6, 6.07) is 0. The molecule has 0 aromatic heterocycles. The summed E-state index contributed by atoms with van der Waals surface area (Å²) in [6.07, 6.45) is 38.2. The van der Waals surface area contributed by atoms with Gasteiger partial charge in [-0.2, -0.15) is 0 Å². The van der Waals surface area contributed by atoms with Crippen LogP contribution in [0, 0.1) is 11.8 Å². The molecular weight excluding hydrogens is 661 g/mol. The van der Waals surface area contributed by atoms with Crippen LogP contribution in [-0.4, -0.2) is 37.2 Å². The SMILES string of the molecule is CCCCCCCCCC(=O)OC[C@@H](COC(=O)CCCCCCCCCC(C)C)OC(=O)CCCCCCCCCCCCCCCCC(C)CC. The molecule has 0 spiro atoms. The quantitative estimate of drug-likeness (QED) is 0.0352. The van der Waals surface area contributed by atoms with E-state index in [1.165, 1.54) is 141 Å². The first-order valence-electron chi connectivity index (χ1n) is 23.3. The smallest absolute Gasteiger partial charge is 0.306 e. The molecule has 0 aromatic carbocycles. The average molecular weight is 751 g/mol. The molecule has 0 amide bonds. The van der Waals surface area contributed by atoms with Crippen molar-refractivity contribution in [2.45, 2.75) is 259 Å². The fourth-order valence-electron chi connectivity index (χ4n) is 6.90. The van der Waals surface area contributed by atoms with Crippen molar-refractivity contribution in [3.05, 3.63) is 0 Å². The normalized spacial score (nSPS) is 12.6. The van der Waals surface area contributed by atoms with Gasteiger partial charge in [0, 0.05) is 19.3 Å². The third-order valence-electron chi connectivity index (χ3n) is 10.8. The second-order valence-corrected chi connectivity index (χ2v) is 16.8. The first kappa shape index (κ1) is 51.4. The van der Waals surface area contributed by atoms with Crippen LogP contribution < -0.4 is 0 Å². The van der Waals surface area contributed by atoms with Crippen molar-refractivity contribution in [3.8, 4) is 0 Å². The molecule has 0 aliphatic rings. The van der Waals surface area contributed by atoms with Crippen LogP contribution in [0.1, 0.15) is 253 Å². The molecule has 2 atom stereocenters. The zero-order valence-corrected chi connectivity index (χ0v) is 36.1. The van der Waals surface area contributed by atoms with E-state index in [-0.39, 0.29) is 31.1 Å². The Balaban J connectivity index is 4.22. The summed E-state index contributed by atoms with van der Waals surface area (Å²) < 4.78 is 16.7. The van der Waals surface area contributed by atoms with Gasteiger partial charge in [0.1, 0.15) is 13.2 Å². The molecule has 0 N–H and O–H groups in total. The van der Waals surface area contributed by atoms with E-state index in [1.54, 1.807) is 0 Å². The highest BCUT2D eigenvalue weighted by atomic mass is 16.6. The molecule has 0 aliphatic heterocycles. The summed E-state index contributed by atoms with van der Waals surface area (Å²) in [4.78, 5) is 37.6. The van der Waals surface area contributed by atoms with E-state index in [1.807, 2.05) is 0 Å². The fraction of sp³-hybridized carbons (Fsp3) is 0.936. The van der Waals surface area contributed by atoms with Crippen molar-refractivity contribution in [3.63, 3.8) is 0 Å². The van der Waals surface area contributed by atoms with E-state index in [4.69, 9.17) is 14.2 Å². The molecule has 0 saturated carbocycles. The number of unbranched alkanes of at least 4 members (excludes halogenated alkanes) is 25. The average Bonchev–Trinajstić information content (AvgIpc) is 3.14. The lowest BCUT2D eigenvalue weighted by Crippen LogP contribution is -2.30. The maximum absolute atomic E-state index is 12.7. The van der Waals surface area contributed by atoms with Gasteiger partial charge in [-0.3, -0.25) is 14.4 Å². The molecular formula is C47H90O6. The number of hydrogen-bond acceptors (Lipinski definition) is 6. The van der Waals surface area contributed by atoms with Gasteiger partial charge in [-0.25, -0.2) is 0 Å². The van der Waals surface area contributed by atoms with Crippen molar-refractivity contribution < 1.29 is 28.6 Å². The first-order chi connectivity index (χ1) is 25.8. The molecule has 0 heterocycles. The zero-order valence-electron chi connectivity index (χ0n) is 36.1.